The van der Waals surface area contributed by atoms with Gasteiger partial charge in [-0.05, 0) is 16.7 Å². The Morgan fingerprint density at radius 3 is 2.03 bits per heavy atom. The minimum atomic E-state index is -0.685. The highest BCUT2D eigenvalue weighted by atomic mass is 16.2. The topological polar surface area (TPSA) is 55.9 Å². The summed E-state index contributed by atoms with van der Waals surface area (Å²) in [7, 11) is 0. The summed E-state index contributed by atoms with van der Waals surface area (Å²) in [5.41, 5.74) is 6.49. The molecule has 2 fully saturated rings. The average molecular weight is 465 g/mol. The van der Waals surface area contributed by atoms with Crippen LogP contribution in [0.5, 0.6) is 0 Å². The van der Waals surface area contributed by atoms with E-state index in [1.165, 1.54) is 0 Å². The molecule has 1 N–H and O–H groups in total. The van der Waals surface area contributed by atoms with Crippen LogP contribution in [-0.2, 0) is 9.59 Å². The second-order valence-electron chi connectivity index (χ2n) is 8.94. The van der Waals surface area contributed by atoms with Crippen molar-refractivity contribution in [2.75, 3.05) is 26.2 Å². The zero-order valence-electron chi connectivity index (χ0n) is 19.5. The smallest absolute Gasteiger partial charge is 0.250 e. The van der Waals surface area contributed by atoms with Gasteiger partial charge in [-0.1, -0.05) is 96.9 Å². The number of amides is 2. The first kappa shape index (κ1) is 22.9. The highest BCUT2D eigenvalue weighted by molar-refractivity contribution is 5.91. The van der Waals surface area contributed by atoms with Crippen LogP contribution in [-0.4, -0.2) is 59.0 Å². The van der Waals surface area contributed by atoms with Crippen LogP contribution in [0.25, 0.3) is 0 Å². The molecule has 35 heavy (non-hydrogen) atoms. The van der Waals surface area contributed by atoms with Crippen molar-refractivity contribution in [3.8, 4) is 12.3 Å². The first-order valence-electron chi connectivity index (χ1n) is 11.8. The molecule has 6 heteroatoms. The third-order valence-corrected chi connectivity index (χ3v) is 6.70. The van der Waals surface area contributed by atoms with E-state index in [4.69, 9.17) is 6.42 Å². The van der Waals surface area contributed by atoms with E-state index in [1.807, 2.05) is 71.6 Å². The lowest BCUT2D eigenvalue weighted by molar-refractivity contribution is -0.168. The van der Waals surface area contributed by atoms with Crippen LogP contribution >= 0.6 is 0 Å². The molecule has 0 radical (unpaired) electrons. The van der Waals surface area contributed by atoms with Crippen molar-refractivity contribution in [2.24, 2.45) is 0 Å². The van der Waals surface area contributed by atoms with E-state index in [9.17, 15) is 9.59 Å². The highest BCUT2D eigenvalue weighted by Crippen LogP contribution is 2.34. The molecule has 3 aromatic rings. The van der Waals surface area contributed by atoms with E-state index >= 15 is 0 Å². The van der Waals surface area contributed by atoms with Crippen LogP contribution < -0.4 is 5.43 Å². The Morgan fingerprint density at radius 2 is 1.46 bits per heavy atom. The number of hydrazine groups is 1. The van der Waals surface area contributed by atoms with Gasteiger partial charge in [-0.25, -0.2) is 10.4 Å². The summed E-state index contributed by atoms with van der Waals surface area (Å²) in [6.07, 6.45) is 5.15. The molecule has 0 aliphatic carbocycles. The van der Waals surface area contributed by atoms with E-state index in [2.05, 4.69) is 35.6 Å². The number of nitrogens with one attached hydrogen (secondary N) is 1. The van der Waals surface area contributed by atoms with Gasteiger partial charge in [0.1, 0.15) is 12.2 Å². The van der Waals surface area contributed by atoms with Gasteiger partial charge in [0.15, 0.2) is 0 Å². The van der Waals surface area contributed by atoms with E-state index in [-0.39, 0.29) is 30.4 Å². The number of rotatable bonds is 6. The zero-order chi connectivity index (χ0) is 24.2. The molecule has 6 nitrogen and oxygen atoms in total. The molecule has 2 aliphatic heterocycles. The average Bonchev–Trinajstić information content (AvgIpc) is 2.89. The summed E-state index contributed by atoms with van der Waals surface area (Å²) in [6.45, 7) is 1.33. The van der Waals surface area contributed by atoms with Gasteiger partial charge >= 0.3 is 0 Å². The van der Waals surface area contributed by atoms with Crippen LogP contribution in [0.2, 0.25) is 0 Å². The third-order valence-electron chi connectivity index (χ3n) is 6.70. The summed E-state index contributed by atoms with van der Waals surface area (Å²) in [5.74, 6) is 2.44. The fourth-order valence-corrected chi connectivity index (χ4v) is 5.09. The van der Waals surface area contributed by atoms with Crippen molar-refractivity contribution in [1.82, 2.24) is 20.2 Å². The largest absolute Gasteiger partial charge is 0.336 e. The maximum absolute atomic E-state index is 14.0. The maximum Gasteiger partial charge on any atom is 0.250 e. The summed E-state index contributed by atoms with van der Waals surface area (Å²) in [6, 6.07) is 29.4. The Balaban J connectivity index is 1.51. The quantitative estimate of drug-likeness (QED) is 0.570. The molecule has 0 aromatic heterocycles. The highest BCUT2D eigenvalue weighted by Gasteiger charge is 2.47. The van der Waals surface area contributed by atoms with E-state index in [0.717, 1.165) is 16.7 Å². The molecule has 2 saturated heterocycles. The molecular weight excluding hydrogens is 436 g/mol. The molecule has 0 spiro atoms. The lowest BCUT2D eigenvalue weighted by Crippen LogP contribution is -2.71. The second kappa shape index (κ2) is 10.1. The SMILES string of the molecule is C#CCN1CC(=O)N2[C@H](CN(CC(c3ccccc3)c3ccccc3)C(=O)[C@@H]2c2ccccc2)N1. The lowest BCUT2D eigenvalue weighted by Gasteiger charge is -2.51. The number of piperazine rings is 1. The molecule has 2 heterocycles. The fraction of sp³-hybridized carbons (Fsp3) is 0.241. The number of carbonyl (C=O) groups is 2. The van der Waals surface area contributed by atoms with Gasteiger partial charge in [0, 0.05) is 12.5 Å². The van der Waals surface area contributed by atoms with E-state index in [0.29, 0.717) is 19.6 Å². The number of hydrogen-bond donors (Lipinski definition) is 1. The molecule has 5 rings (SSSR count). The summed E-state index contributed by atoms with van der Waals surface area (Å²) in [4.78, 5) is 30.8. The van der Waals surface area contributed by atoms with Crippen LogP contribution in [0.4, 0.5) is 0 Å². The number of terminal acetylenes is 1. The number of hydrogen-bond acceptors (Lipinski definition) is 4. The van der Waals surface area contributed by atoms with Gasteiger partial charge in [-0.2, -0.15) is 0 Å². The monoisotopic (exact) mass is 464 g/mol. The molecular formula is C29H28N4O2. The minimum Gasteiger partial charge on any atom is -0.336 e. The minimum absolute atomic E-state index is 0.00502. The van der Waals surface area contributed by atoms with Crippen molar-refractivity contribution in [3.05, 3.63) is 108 Å². The Bertz CT molecular complexity index is 1170. The summed E-state index contributed by atoms with van der Waals surface area (Å²) >= 11 is 0. The maximum atomic E-state index is 14.0. The van der Waals surface area contributed by atoms with Crippen molar-refractivity contribution in [3.63, 3.8) is 0 Å². The van der Waals surface area contributed by atoms with Gasteiger partial charge in [-0.15, -0.1) is 6.42 Å². The molecule has 0 bridgehead atoms. The van der Waals surface area contributed by atoms with Gasteiger partial charge in [0.25, 0.3) is 0 Å². The third kappa shape index (κ3) is 4.69. The number of carbonyl (C=O) groups excluding carboxylic acids is 2. The van der Waals surface area contributed by atoms with Crippen LogP contribution in [0, 0.1) is 12.3 Å². The van der Waals surface area contributed by atoms with Gasteiger partial charge in [0.05, 0.1) is 19.6 Å². The summed E-state index contributed by atoms with van der Waals surface area (Å²) in [5, 5.41) is 1.76. The van der Waals surface area contributed by atoms with E-state index < -0.39 is 6.04 Å². The van der Waals surface area contributed by atoms with Gasteiger partial charge in [0.2, 0.25) is 11.8 Å². The van der Waals surface area contributed by atoms with Gasteiger partial charge in [-0.3, -0.25) is 9.59 Å². The predicted molar refractivity (Wildman–Crippen MR) is 135 cm³/mol. The number of benzene rings is 3. The molecule has 2 aliphatic rings. The molecule has 3 aromatic carbocycles. The van der Waals surface area contributed by atoms with Crippen molar-refractivity contribution in [2.45, 2.75) is 18.1 Å². The van der Waals surface area contributed by atoms with E-state index in [1.54, 1.807) is 9.91 Å². The second-order valence-corrected chi connectivity index (χ2v) is 8.94. The normalized spacial score (nSPS) is 20.6. The predicted octanol–water partition coefficient (Wildman–Crippen LogP) is 3.01. The zero-order valence-corrected chi connectivity index (χ0v) is 19.5. The Morgan fingerprint density at radius 1 is 0.886 bits per heavy atom. The molecule has 0 saturated carbocycles. The molecule has 0 unspecified atom stereocenters. The summed E-state index contributed by atoms with van der Waals surface area (Å²) < 4.78 is 0. The standard InChI is InChI=1S/C29H28N4O2/c1-2-18-32-21-27(34)33-26(30-32)20-31(29(35)28(33)24-16-10-5-11-17-24)19-25(22-12-6-3-7-13-22)23-14-8-4-9-15-23/h1,3-17,25-26,28,30H,18-21H2/t26-,28+/m1/s1. The van der Waals surface area contributed by atoms with Crippen molar-refractivity contribution in [1.29, 1.82) is 0 Å². The van der Waals surface area contributed by atoms with Crippen molar-refractivity contribution < 1.29 is 9.59 Å². The Hall–Kier alpha value is -3.92. The molecule has 2 atom stereocenters. The first-order chi connectivity index (χ1) is 17.2. The number of fused-ring (bicyclic) bond motifs is 1. The molecule has 176 valence electrons. The van der Waals surface area contributed by atoms with Gasteiger partial charge < -0.3 is 9.80 Å². The lowest BCUT2D eigenvalue weighted by atomic mass is 9.89. The first-order valence-corrected chi connectivity index (χ1v) is 11.8. The Labute approximate surface area is 206 Å². The molecule has 2 amide bonds. The van der Waals surface area contributed by atoms with Crippen LogP contribution in [0.3, 0.4) is 0 Å². The van der Waals surface area contributed by atoms with Crippen LogP contribution in [0.1, 0.15) is 28.7 Å². The number of nitrogens with zero attached hydrogens (tertiary/aromatic N) is 3. The van der Waals surface area contributed by atoms with Crippen molar-refractivity contribution >= 4 is 11.8 Å². The Kier molecular flexibility index (Phi) is 6.62. The fourth-order valence-electron chi connectivity index (χ4n) is 5.09. The van der Waals surface area contributed by atoms with Crippen LogP contribution in [0.15, 0.2) is 91.0 Å².